The van der Waals surface area contributed by atoms with Crippen molar-refractivity contribution < 1.29 is 4.79 Å². The molecule has 1 amide bonds. The van der Waals surface area contributed by atoms with Gasteiger partial charge in [0.25, 0.3) is 5.91 Å². The number of hydrogen-bond donors (Lipinski definition) is 0. The molecule has 0 N–H and O–H groups in total. The molecule has 6 heteroatoms. The highest BCUT2D eigenvalue weighted by Gasteiger charge is 2.23. The van der Waals surface area contributed by atoms with Gasteiger partial charge in [0, 0.05) is 18.1 Å². The maximum absolute atomic E-state index is 12.0. The van der Waals surface area contributed by atoms with Crippen molar-refractivity contribution in [2.24, 2.45) is 10.2 Å². The third kappa shape index (κ3) is 4.18. The first-order valence-corrected chi connectivity index (χ1v) is 7.07. The molecular formula is C13H15Cl2N3O. The van der Waals surface area contributed by atoms with Gasteiger partial charge in [-0.2, -0.15) is 10.2 Å². The molecule has 102 valence electrons. The van der Waals surface area contributed by atoms with Crippen molar-refractivity contribution in [1.29, 1.82) is 0 Å². The lowest BCUT2D eigenvalue weighted by molar-refractivity contribution is -0.131. The first-order chi connectivity index (χ1) is 9.16. The maximum atomic E-state index is 12.0. The predicted octanol–water partition coefficient (Wildman–Crippen LogP) is 4.00. The van der Waals surface area contributed by atoms with E-state index in [1.54, 1.807) is 29.2 Å². The summed E-state index contributed by atoms with van der Waals surface area (Å²) < 4.78 is 0. The molecule has 2 rings (SSSR count). The summed E-state index contributed by atoms with van der Waals surface area (Å²) in [4.78, 5) is 13.7. The fourth-order valence-electron chi connectivity index (χ4n) is 1.94. The molecule has 1 aliphatic rings. The van der Waals surface area contributed by atoms with Crippen LogP contribution in [0.5, 0.6) is 0 Å². The summed E-state index contributed by atoms with van der Waals surface area (Å²) in [7, 11) is 0. The summed E-state index contributed by atoms with van der Waals surface area (Å²) in [5, 5.41) is 8.44. The van der Waals surface area contributed by atoms with Crippen LogP contribution in [0.1, 0.15) is 19.3 Å². The van der Waals surface area contributed by atoms with Crippen LogP contribution >= 0.6 is 23.2 Å². The van der Waals surface area contributed by atoms with Gasteiger partial charge in [0.05, 0.1) is 5.69 Å². The Kier molecular flexibility index (Phi) is 5.16. The molecule has 1 unspecified atom stereocenters. The number of nitrogens with zero attached hydrogens (tertiary/aromatic N) is 3. The van der Waals surface area contributed by atoms with E-state index in [2.05, 4.69) is 10.2 Å². The van der Waals surface area contributed by atoms with Crippen molar-refractivity contribution in [2.75, 3.05) is 13.1 Å². The number of hydrogen-bond acceptors (Lipinski definition) is 3. The molecule has 1 fully saturated rings. The Morgan fingerprint density at radius 3 is 2.42 bits per heavy atom. The third-order valence-corrected chi connectivity index (χ3v) is 3.50. The number of benzene rings is 1. The number of azo groups is 1. The minimum atomic E-state index is -0.950. The fourth-order valence-corrected chi connectivity index (χ4v) is 2.25. The molecular weight excluding hydrogens is 285 g/mol. The molecule has 4 nitrogen and oxygen atoms in total. The van der Waals surface area contributed by atoms with Gasteiger partial charge in [0.2, 0.25) is 5.50 Å². The molecule has 0 aliphatic carbocycles. The van der Waals surface area contributed by atoms with Crippen LogP contribution in [0.15, 0.2) is 34.5 Å². The molecule has 0 bridgehead atoms. The van der Waals surface area contributed by atoms with Crippen LogP contribution in [0, 0.1) is 0 Å². The minimum Gasteiger partial charge on any atom is -0.340 e. The zero-order valence-corrected chi connectivity index (χ0v) is 11.9. The number of carbonyl (C=O) groups is 1. The van der Waals surface area contributed by atoms with E-state index in [1.165, 1.54) is 6.42 Å². The molecule has 1 heterocycles. The fraction of sp³-hybridized carbons (Fsp3) is 0.462. The van der Waals surface area contributed by atoms with E-state index in [9.17, 15) is 4.79 Å². The highest BCUT2D eigenvalue weighted by molar-refractivity contribution is 6.30. The van der Waals surface area contributed by atoms with Gasteiger partial charge in [-0.05, 0) is 43.5 Å². The summed E-state index contributed by atoms with van der Waals surface area (Å²) in [6.07, 6.45) is 3.23. The molecule has 0 radical (unpaired) electrons. The molecule has 0 spiro atoms. The highest BCUT2D eigenvalue weighted by Crippen LogP contribution is 2.18. The number of alkyl halides is 1. The number of carbonyl (C=O) groups excluding carboxylic acids is 1. The van der Waals surface area contributed by atoms with E-state index in [1.807, 2.05) is 0 Å². The molecule has 1 aliphatic heterocycles. The second-order valence-corrected chi connectivity index (χ2v) is 5.26. The Morgan fingerprint density at radius 1 is 1.16 bits per heavy atom. The topological polar surface area (TPSA) is 45.0 Å². The van der Waals surface area contributed by atoms with Crippen molar-refractivity contribution in [3.05, 3.63) is 29.3 Å². The van der Waals surface area contributed by atoms with E-state index >= 15 is 0 Å². The molecule has 0 aromatic heterocycles. The summed E-state index contributed by atoms with van der Waals surface area (Å²) >= 11 is 11.7. The first-order valence-electron chi connectivity index (χ1n) is 6.26. The van der Waals surface area contributed by atoms with Crippen LogP contribution in [-0.4, -0.2) is 29.4 Å². The van der Waals surface area contributed by atoms with Crippen molar-refractivity contribution in [3.63, 3.8) is 0 Å². The first kappa shape index (κ1) is 14.3. The van der Waals surface area contributed by atoms with Crippen molar-refractivity contribution in [1.82, 2.24) is 4.90 Å². The van der Waals surface area contributed by atoms with Crippen LogP contribution < -0.4 is 0 Å². The Morgan fingerprint density at radius 2 is 1.79 bits per heavy atom. The summed E-state index contributed by atoms with van der Waals surface area (Å²) in [6.45, 7) is 1.52. The molecule has 1 saturated heterocycles. The molecule has 0 saturated carbocycles. The van der Waals surface area contributed by atoms with Crippen LogP contribution in [-0.2, 0) is 4.79 Å². The van der Waals surface area contributed by atoms with E-state index in [0.717, 1.165) is 25.9 Å². The average Bonchev–Trinajstić information content (AvgIpc) is 2.46. The lowest BCUT2D eigenvalue weighted by atomic mass is 10.1. The van der Waals surface area contributed by atoms with Gasteiger partial charge in [0.15, 0.2) is 0 Å². The molecule has 1 aromatic carbocycles. The zero-order chi connectivity index (χ0) is 13.7. The van der Waals surface area contributed by atoms with E-state index in [-0.39, 0.29) is 5.91 Å². The summed E-state index contributed by atoms with van der Waals surface area (Å²) in [5.41, 5.74) is -0.324. The van der Waals surface area contributed by atoms with Gasteiger partial charge in [-0.1, -0.05) is 23.2 Å². The second-order valence-electron chi connectivity index (χ2n) is 4.41. The standard InChI is InChI=1S/C13H15Cl2N3O/c14-10-4-6-11(7-5-10)16-17-12(15)13(19)18-8-2-1-3-9-18/h4-7,12H,1-3,8-9H2. The smallest absolute Gasteiger partial charge is 0.264 e. The zero-order valence-electron chi connectivity index (χ0n) is 10.4. The highest BCUT2D eigenvalue weighted by atomic mass is 35.5. The Bertz CT molecular complexity index is 455. The maximum Gasteiger partial charge on any atom is 0.264 e. The van der Waals surface area contributed by atoms with Crippen molar-refractivity contribution in [3.8, 4) is 0 Å². The number of rotatable bonds is 3. The Labute approximate surface area is 122 Å². The van der Waals surface area contributed by atoms with Crippen molar-refractivity contribution in [2.45, 2.75) is 24.8 Å². The summed E-state index contributed by atoms with van der Waals surface area (Å²) in [5.74, 6) is -0.168. The number of amides is 1. The van der Waals surface area contributed by atoms with Gasteiger partial charge >= 0.3 is 0 Å². The lowest BCUT2D eigenvalue weighted by Crippen LogP contribution is -2.39. The Balaban J connectivity index is 1.93. The van der Waals surface area contributed by atoms with Gasteiger partial charge in [0.1, 0.15) is 0 Å². The number of piperidine rings is 1. The van der Waals surface area contributed by atoms with E-state index in [0.29, 0.717) is 10.7 Å². The van der Waals surface area contributed by atoms with E-state index < -0.39 is 5.50 Å². The van der Waals surface area contributed by atoms with Crippen LogP contribution in [0.4, 0.5) is 5.69 Å². The number of halogens is 2. The van der Waals surface area contributed by atoms with Crippen LogP contribution in [0.3, 0.4) is 0 Å². The average molecular weight is 300 g/mol. The lowest BCUT2D eigenvalue weighted by Gasteiger charge is -2.27. The number of likely N-dealkylation sites (tertiary alicyclic amines) is 1. The SMILES string of the molecule is O=C(C(Cl)N=Nc1ccc(Cl)cc1)N1CCCCC1. The minimum absolute atomic E-state index is 0.168. The van der Waals surface area contributed by atoms with Crippen LogP contribution in [0.25, 0.3) is 0 Å². The quantitative estimate of drug-likeness (QED) is 0.473. The molecule has 19 heavy (non-hydrogen) atoms. The third-order valence-electron chi connectivity index (χ3n) is 2.97. The largest absolute Gasteiger partial charge is 0.340 e. The molecule has 1 aromatic rings. The van der Waals surface area contributed by atoms with Crippen LogP contribution in [0.2, 0.25) is 5.02 Å². The second kappa shape index (κ2) is 6.87. The van der Waals surface area contributed by atoms with Gasteiger partial charge in [-0.15, -0.1) is 0 Å². The van der Waals surface area contributed by atoms with E-state index in [4.69, 9.17) is 23.2 Å². The summed E-state index contributed by atoms with van der Waals surface area (Å²) in [6, 6.07) is 6.87. The van der Waals surface area contributed by atoms with Crippen molar-refractivity contribution >= 4 is 34.8 Å². The van der Waals surface area contributed by atoms with Gasteiger partial charge in [-0.3, -0.25) is 4.79 Å². The van der Waals surface area contributed by atoms with Gasteiger partial charge in [-0.25, -0.2) is 0 Å². The monoisotopic (exact) mass is 299 g/mol. The molecule has 1 atom stereocenters. The van der Waals surface area contributed by atoms with Gasteiger partial charge < -0.3 is 4.90 Å². The Hall–Kier alpha value is -1.13. The predicted molar refractivity (Wildman–Crippen MR) is 76.0 cm³/mol. The normalized spacial score (nSPS) is 17.7.